The summed E-state index contributed by atoms with van der Waals surface area (Å²) in [5.41, 5.74) is 0. The minimum atomic E-state index is -0.238. The molecule has 0 aliphatic carbocycles. The fourth-order valence-corrected chi connectivity index (χ4v) is 2.61. The first kappa shape index (κ1) is 13.6. The van der Waals surface area contributed by atoms with Gasteiger partial charge in [-0.2, -0.15) is 0 Å². The second-order valence-electron chi connectivity index (χ2n) is 3.13. The van der Waals surface area contributed by atoms with Crippen molar-refractivity contribution in [3.05, 3.63) is 12.7 Å². The molecule has 0 aliphatic rings. The normalized spacial score (nSPS) is 11.1. The summed E-state index contributed by atoms with van der Waals surface area (Å²) in [6.45, 7) is 10.4. The van der Waals surface area contributed by atoms with E-state index in [1.54, 1.807) is 17.8 Å². The van der Waals surface area contributed by atoms with Crippen LogP contribution in [0.15, 0.2) is 12.7 Å². The van der Waals surface area contributed by atoms with Gasteiger partial charge < -0.3 is 5.32 Å². The number of carbonyl (C=O) groups is 1. The number of thioether (sulfide) groups is 1. The van der Waals surface area contributed by atoms with Crippen molar-refractivity contribution in [3.8, 4) is 0 Å². The maximum absolute atomic E-state index is 11.9. The second-order valence-corrected chi connectivity index (χ2v) is 4.78. The molecule has 0 aromatic rings. The van der Waals surface area contributed by atoms with E-state index in [1.807, 2.05) is 0 Å². The maximum Gasteiger partial charge on any atom is 0.236 e. The monoisotopic (exact) mass is 215 g/mol. The lowest BCUT2D eigenvalue weighted by molar-refractivity contribution is -0.123. The number of hydrogen-bond donors (Lipinski definition) is 1. The van der Waals surface area contributed by atoms with Gasteiger partial charge in [0, 0.05) is 6.54 Å². The summed E-state index contributed by atoms with van der Waals surface area (Å²) in [6, 6.07) is 0. The van der Waals surface area contributed by atoms with Gasteiger partial charge in [-0.05, 0) is 18.6 Å². The molecule has 0 radical (unpaired) electrons. The van der Waals surface area contributed by atoms with Gasteiger partial charge >= 0.3 is 0 Å². The van der Waals surface area contributed by atoms with Gasteiger partial charge in [-0.15, -0.1) is 18.3 Å². The van der Waals surface area contributed by atoms with Crippen molar-refractivity contribution in [3.63, 3.8) is 0 Å². The Morgan fingerprint density at radius 3 is 2.36 bits per heavy atom. The fourth-order valence-electron chi connectivity index (χ4n) is 1.44. The Labute approximate surface area is 91.5 Å². The van der Waals surface area contributed by atoms with E-state index in [0.29, 0.717) is 6.54 Å². The molecule has 1 amide bonds. The quantitative estimate of drug-likeness (QED) is 0.661. The lowest BCUT2D eigenvalue weighted by Crippen LogP contribution is -2.43. The lowest BCUT2D eigenvalue weighted by atomic mass is 10.0. The Morgan fingerprint density at radius 1 is 1.43 bits per heavy atom. The van der Waals surface area contributed by atoms with E-state index in [1.165, 1.54) is 0 Å². The summed E-state index contributed by atoms with van der Waals surface area (Å²) in [5.74, 6) is 1.12. The third-order valence-electron chi connectivity index (χ3n) is 2.38. The van der Waals surface area contributed by atoms with Crippen molar-refractivity contribution in [2.24, 2.45) is 0 Å². The predicted molar refractivity (Wildman–Crippen MR) is 64.7 cm³/mol. The molecule has 3 heteroatoms. The van der Waals surface area contributed by atoms with Crippen molar-refractivity contribution in [2.75, 3.05) is 12.3 Å². The van der Waals surface area contributed by atoms with Gasteiger partial charge in [-0.25, -0.2) is 0 Å². The van der Waals surface area contributed by atoms with Crippen LogP contribution in [0.5, 0.6) is 0 Å². The first-order valence-electron chi connectivity index (χ1n) is 5.20. The van der Waals surface area contributed by atoms with Crippen LogP contribution < -0.4 is 5.32 Å². The standard InChI is InChI=1S/C11H21NOS/c1-5-9-12-10(13)11(6-2,7-3)14-8-4/h5H,1,6-9H2,2-4H3,(H,12,13). The zero-order valence-corrected chi connectivity index (χ0v) is 10.2. The first-order chi connectivity index (χ1) is 6.66. The number of hydrogen-bond acceptors (Lipinski definition) is 2. The summed E-state index contributed by atoms with van der Waals surface area (Å²) in [7, 11) is 0. The number of nitrogens with one attached hydrogen (secondary N) is 1. The molecular formula is C11H21NOS. The molecule has 0 unspecified atom stereocenters. The van der Waals surface area contributed by atoms with Crippen LogP contribution in [0.1, 0.15) is 33.6 Å². The number of amides is 1. The van der Waals surface area contributed by atoms with Crippen LogP contribution in [0.2, 0.25) is 0 Å². The van der Waals surface area contributed by atoms with Gasteiger partial charge in [-0.1, -0.05) is 26.8 Å². The Kier molecular flexibility index (Phi) is 6.71. The molecule has 0 bridgehead atoms. The van der Waals surface area contributed by atoms with Gasteiger partial charge in [0.2, 0.25) is 5.91 Å². The molecule has 0 saturated carbocycles. The van der Waals surface area contributed by atoms with E-state index in [2.05, 4.69) is 32.7 Å². The summed E-state index contributed by atoms with van der Waals surface area (Å²) in [6.07, 6.45) is 3.47. The molecule has 0 aromatic carbocycles. The average molecular weight is 215 g/mol. The van der Waals surface area contributed by atoms with Gasteiger partial charge in [0.1, 0.15) is 0 Å². The molecule has 0 aromatic heterocycles. The van der Waals surface area contributed by atoms with Crippen molar-refractivity contribution in [1.82, 2.24) is 5.32 Å². The summed E-state index contributed by atoms with van der Waals surface area (Å²) < 4.78 is -0.238. The molecule has 0 saturated heterocycles. The zero-order valence-electron chi connectivity index (χ0n) is 9.43. The van der Waals surface area contributed by atoms with Crippen molar-refractivity contribution < 1.29 is 4.79 Å². The third kappa shape index (κ3) is 3.37. The van der Waals surface area contributed by atoms with E-state index in [0.717, 1.165) is 18.6 Å². The Bertz CT molecular complexity index is 188. The Hall–Kier alpha value is -0.440. The van der Waals surface area contributed by atoms with Gasteiger partial charge in [0.15, 0.2) is 0 Å². The smallest absolute Gasteiger partial charge is 0.236 e. The molecule has 0 spiro atoms. The number of carbonyl (C=O) groups excluding carboxylic acids is 1. The molecule has 0 atom stereocenters. The predicted octanol–water partition coefficient (Wildman–Crippen LogP) is 2.60. The minimum absolute atomic E-state index is 0.147. The van der Waals surface area contributed by atoms with Crippen LogP contribution in [0.3, 0.4) is 0 Å². The molecule has 0 rings (SSSR count). The van der Waals surface area contributed by atoms with Crippen molar-refractivity contribution >= 4 is 17.7 Å². The first-order valence-corrected chi connectivity index (χ1v) is 6.18. The molecule has 2 nitrogen and oxygen atoms in total. The van der Waals surface area contributed by atoms with Crippen molar-refractivity contribution in [2.45, 2.75) is 38.4 Å². The molecule has 0 fully saturated rings. The summed E-state index contributed by atoms with van der Waals surface area (Å²) in [5, 5.41) is 2.88. The van der Waals surface area contributed by atoms with Gasteiger partial charge in [-0.3, -0.25) is 4.79 Å². The third-order valence-corrected chi connectivity index (χ3v) is 3.99. The molecular weight excluding hydrogens is 194 g/mol. The largest absolute Gasteiger partial charge is 0.351 e. The summed E-state index contributed by atoms with van der Waals surface area (Å²) >= 11 is 1.74. The molecule has 1 N–H and O–H groups in total. The average Bonchev–Trinajstić information content (AvgIpc) is 2.22. The van der Waals surface area contributed by atoms with E-state index >= 15 is 0 Å². The lowest BCUT2D eigenvalue weighted by Gasteiger charge is -2.29. The Morgan fingerprint density at radius 2 is 2.00 bits per heavy atom. The van der Waals surface area contributed by atoms with E-state index < -0.39 is 0 Å². The summed E-state index contributed by atoms with van der Waals surface area (Å²) in [4.78, 5) is 11.9. The highest BCUT2D eigenvalue weighted by Crippen LogP contribution is 2.32. The van der Waals surface area contributed by atoms with Crippen LogP contribution >= 0.6 is 11.8 Å². The van der Waals surface area contributed by atoms with Crippen LogP contribution in [0.4, 0.5) is 0 Å². The van der Waals surface area contributed by atoms with Crippen LogP contribution in [0.25, 0.3) is 0 Å². The van der Waals surface area contributed by atoms with Gasteiger partial charge in [0.05, 0.1) is 4.75 Å². The minimum Gasteiger partial charge on any atom is -0.351 e. The Balaban J connectivity index is 4.44. The van der Waals surface area contributed by atoms with Crippen molar-refractivity contribution in [1.29, 1.82) is 0 Å². The van der Waals surface area contributed by atoms with Gasteiger partial charge in [0.25, 0.3) is 0 Å². The highest BCUT2D eigenvalue weighted by atomic mass is 32.2. The highest BCUT2D eigenvalue weighted by Gasteiger charge is 2.34. The van der Waals surface area contributed by atoms with E-state index in [-0.39, 0.29) is 10.7 Å². The SMILES string of the molecule is C=CCNC(=O)C(CC)(CC)SCC. The van der Waals surface area contributed by atoms with Crippen LogP contribution in [-0.4, -0.2) is 23.0 Å². The van der Waals surface area contributed by atoms with Crippen LogP contribution in [-0.2, 0) is 4.79 Å². The molecule has 82 valence electrons. The van der Waals surface area contributed by atoms with E-state index in [9.17, 15) is 4.79 Å². The topological polar surface area (TPSA) is 29.1 Å². The molecule has 0 aliphatic heterocycles. The maximum atomic E-state index is 11.9. The molecule has 14 heavy (non-hydrogen) atoms. The fraction of sp³-hybridized carbons (Fsp3) is 0.727. The van der Waals surface area contributed by atoms with Crippen LogP contribution in [0, 0.1) is 0 Å². The second kappa shape index (κ2) is 6.93. The zero-order chi connectivity index (χ0) is 11.0. The molecule has 0 heterocycles. The highest BCUT2D eigenvalue weighted by molar-refractivity contribution is 8.01. The van der Waals surface area contributed by atoms with E-state index in [4.69, 9.17) is 0 Å². The number of rotatable bonds is 7.